The van der Waals surface area contributed by atoms with Crippen molar-refractivity contribution in [3.8, 4) is 33.9 Å². The molecule has 5 rings (SSSR count). The van der Waals surface area contributed by atoms with Crippen molar-refractivity contribution in [2.45, 2.75) is 62.6 Å². The van der Waals surface area contributed by atoms with E-state index in [1.807, 2.05) is 6.07 Å². The third kappa shape index (κ3) is 4.73. The highest BCUT2D eigenvalue weighted by Crippen LogP contribution is 2.47. The molecule has 0 saturated heterocycles. The largest absolute Gasteiger partial charge is 0.458 e. The summed E-state index contributed by atoms with van der Waals surface area (Å²) in [5.41, 5.74) is -1.31. The molecule has 0 bridgehead atoms. The van der Waals surface area contributed by atoms with Gasteiger partial charge < -0.3 is 4.57 Å². The van der Waals surface area contributed by atoms with Crippen LogP contribution in [0.2, 0.25) is 0 Å². The molecule has 1 saturated carbocycles. The fourth-order valence-corrected chi connectivity index (χ4v) is 5.52. The first-order chi connectivity index (χ1) is 18.7. The van der Waals surface area contributed by atoms with Crippen molar-refractivity contribution in [3.63, 3.8) is 0 Å². The number of halogens is 6. The van der Waals surface area contributed by atoms with E-state index in [9.17, 15) is 30.4 Å². The molecular formula is C27H24F6N4O2S. The average Bonchev–Trinajstić information content (AvgIpc) is 3.70. The zero-order valence-electron chi connectivity index (χ0n) is 21.6. The highest BCUT2D eigenvalue weighted by Gasteiger charge is 2.59. The lowest BCUT2D eigenvalue weighted by Gasteiger charge is -2.24. The van der Waals surface area contributed by atoms with E-state index < -0.39 is 50.7 Å². The van der Waals surface area contributed by atoms with Crippen molar-refractivity contribution in [1.82, 2.24) is 19.5 Å². The second-order valence-corrected chi connectivity index (χ2v) is 12.3. The minimum absolute atomic E-state index is 0.350. The second-order valence-electron chi connectivity index (χ2n) is 10.0. The maximum absolute atomic E-state index is 15.9. The van der Waals surface area contributed by atoms with Crippen LogP contribution >= 0.6 is 0 Å². The molecule has 0 amide bonds. The lowest BCUT2D eigenvalue weighted by molar-refractivity contribution is -0.289. The predicted octanol–water partition coefficient (Wildman–Crippen LogP) is 7.16. The Morgan fingerprint density at radius 3 is 2.23 bits per heavy atom. The standard InChI is InChI=1S/C27H24F6N4O2S/c1-4-40(38,39)21-9-17(16-7-8-19(34-11-16)15-5-6-15)12-35-23(21)24-22(28)25-20(36-24)10-18(13-37(25)14(2)3)26(29,30)27(31,32)33/h7-15H,4-6H2,1-3H3. The van der Waals surface area contributed by atoms with Crippen molar-refractivity contribution < 1.29 is 34.8 Å². The Bertz CT molecular complexity index is 1660. The van der Waals surface area contributed by atoms with Crippen LogP contribution in [-0.2, 0) is 15.8 Å². The van der Waals surface area contributed by atoms with E-state index in [1.165, 1.54) is 33.0 Å². The van der Waals surface area contributed by atoms with Crippen molar-refractivity contribution in [2.75, 3.05) is 5.75 Å². The molecular weight excluding hydrogens is 558 g/mol. The highest BCUT2D eigenvalue weighted by atomic mass is 32.2. The first kappa shape index (κ1) is 28.1. The van der Waals surface area contributed by atoms with Gasteiger partial charge in [0.25, 0.3) is 0 Å². The summed E-state index contributed by atoms with van der Waals surface area (Å²) >= 11 is 0. The molecule has 2 aromatic heterocycles. The number of pyridine rings is 3. The number of fused-ring (bicyclic) bond motifs is 1. The van der Waals surface area contributed by atoms with Crippen LogP contribution in [0.1, 0.15) is 56.8 Å². The lowest BCUT2D eigenvalue weighted by atomic mass is 10.1. The number of sulfone groups is 1. The minimum atomic E-state index is -5.89. The first-order valence-corrected chi connectivity index (χ1v) is 14.2. The molecule has 4 heterocycles. The molecule has 0 spiro atoms. The molecule has 13 heteroatoms. The van der Waals surface area contributed by atoms with E-state index in [1.54, 1.807) is 12.3 Å². The molecule has 6 nitrogen and oxygen atoms in total. The predicted molar refractivity (Wildman–Crippen MR) is 135 cm³/mol. The second kappa shape index (κ2) is 9.57. The minimum Gasteiger partial charge on any atom is -0.341 e. The molecule has 2 aromatic rings. The molecule has 0 atom stereocenters. The van der Waals surface area contributed by atoms with Gasteiger partial charge in [0, 0.05) is 52.9 Å². The monoisotopic (exact) mass is 582 g/mol. The van der Waals surface area contributed by atoms with Crippen LogP contribution in [0.15, 0.2) is 47.8 Å². The number of nitrogens with zero attached hydrogens (tertiary/aromatic N) is 4. The topological polar surface area (TPSA) is 77.7 Å². The van der Waals surface area contributed by atoms with Crippen LogP contribution in [0, 0.1) is 5.82 Å². The van der Waals surface area contributed by atoms with E-state index in [0.29, 0.717) is 29.3 Å². The van der Waals surface area contributed by atoms with Crippen LogP contribution in [0.5, 0.6) is 0 Å². The molecule has 1 fully saturated rings. The Morgan fingerprint density at radius 2 is 1.68 bits per heavy atom. The van der Waals surface area contributed by atoms with Gasteiger partial charge in [0.2, 0.25) is 0 Å². The van der Waals surface area contributed by atoms with Gasteiger partial charge in [0.05, 0.1) is 16.3 Å². The number of hydrogen-bond donors (Lipinski definition) is 0. The molecule has 2 aliphatic heterocycles. The average molecular weight is 583 g/mol. The van der Waals surface area contributed by atoms with E-state index >= 15 is 4.39 Å². The first-order valence-electron chi connectivity index (χ1n) is 12.5. The lowest BCUT2D eigenvalue weighted by Crippen LogP contribution is -2.34. The number of hydrogen-bond acceptors (Lipinski definition) is 5. The summed E-state index contributed by atoms with van der Waals surface area (Å²) in [7, 11) is -4.02. The van der Waals surface area contributed by atoms with Crippen molar-refractivity contribution >= 4 is 9.84 Å². The summed E-state index contributed by atoms with van der Waals surface area (Å²) in [5, 5.41) is 0. The van der Waals surface area contributed by atoms with Crippen LogP contribution < -0.4 is 0 Å². The Labute approximate surface area is 226 Å². The van der Waals surface area contributed by atoms with E-state index in [2.05, 4.69) is 15.0 Å². The molecule has 0 aromatic carbocycles. The summed E-state index contributed by atoms with van der Waals surface area (Å²) in [6.45, 7) is 4.34. The van der Waals surface area contributed by atoms with Gasteiger partial charge in [-0.25, -0.2) is 17.8 Å². The number of aromatic nitrogens is 4. The number of alkyl halides is 5. The van der Waals surface area contributed by atoms with Gasteiger partial charge in [0.1, 0.15) is 17.1 Å². The van der Waals surface area contributed by atoms with Crippen molar-refractivity contribution in [1.29, 1.82) is 0 Å². The maximum atomic E-state index is 15.9. The van der Waals surface area contributed by atoms with E-state index in [4.69, 9.17) is 0 Å². The normalized spacial score (nSPS) is 14.8. The van der Waals surface area contributed by atoms with Crippen molar-refractivity contribution in [2.24, 2.45) is 0 Å². The van der Waals surface area contributed by atoms with Gasteiger partial charge in [-0.3, -0.25) is 9.97 Å². The third-order valence-corrected chi connectivity index (χ3v) is 8.64. The van der Waals surface area contributed by atoms with Gasteiger partial charge in [-0.1, -0.05) is 13.0 Å². The molecule has 1 aliphatic carbocycles. The summed E-state index contributed by atoms with van der Waals surface area (Å²) < 4.78 is 111. The van der Waals surface area contributed by atoms with Crippen LogP contribution in [0.4, 0.5) is 26.3 Å². The van der Waals surface area contributed by atoms with E-state index in [0.717, 1.165) is 23.1 Å². The Hall–Kier alpha value is -3.48. The van der Waals surface area contributed by atoms with Gasteiger partial charge in [-0.05, 0) is 44.9 Å². The summed E-state index contributed by atoms with van der Waals surface area (Å²) in [5.74, 6) is -6.27. The third-order valence-electron chi connectivity index (χ3n) is 6.90. The summed E-state index contributed by atoms with van der Waals surface area (Å²) in [6.07, 6.45) is -0.338. The molecule has 0 N–H and O–H groups in total. The Morgan fingerprint density at radius 1 is 1.00 bits per heavy atom. The Kier molecular flexibility index (Phi) is 6.71. The molecule has 40 heavy (non-hydrogen) atoms. The maximum Gasteiger partial charge on any atom is 0.458 e. The fraction of sp³-hybridized carbons (Fsp3) is 0.370. The molecule has 0 unspecified atom stereocenters. The highest BCUT2D eigenvalue weighted by molar-refractivity contribution is 7.91. The fourth-order valence-electron chi connectivity index (χ4n) is 4.46. The van der Waals surface area contributed by atoms with Crippen LogP contribution in [0.3, 0.4) is 0 Å². The van der Waals surface area contributed by atoms with Gasteiger partial charge in [0.15, 0.2) is 15.7 Å². The van der Waals surface area contributed by atoms with Gasteiger partial charge in [-0.2, -0.15) is 22.0 Å². The quantitative estimate of drug-likeness (QED) is 0.216. The zero-order chi connectivity index (χ0) is 29.2. The molecule has 3 aliphatic rings. The Balaban J connectivity index is 1.70. The summed E-state index contributed by atoms with van der Waals surface area (Å²) in [6, 6.07) is 4.66. The SMILES string of the molecule is CCS(=O)(=O)c1cc(-c2ccc(C3CC3)nc2)cnc1-c1nc2cc(C(F)(F)C(F)(F)F)cn(C(C)C)c-2c1F. The molecule has 0 radical (unpaired) electrons. The summed E-state index contributed by atoms with van der Waals surface area (Å²) in [4.78, 5) is 12.3. The number of rotatable bonds is 7. The van der Waals surface area contributed by atoms with Crippen LogP contribution in [0.25, 0.3) is 33.9 Å². The van der Waals surface area contributed by atoms with Gasteiger partial charge >= 0.3 is 12.1 Å². The zero-order valence-corrected chi connectivity index (χ0v) is 22.4. The van der Waals surface area contributed by atoms with Crippen molar-refractivity contribution in [3.05, 3.63) is 59.9 Å². The van der Waals surface area contributed by atoms with Crippen LogP contribution in [-0.4, -0.2) is 39.9 Å². The van der Waals surface area contributed by atoms with E-state index in [-0.39, 0.29) is 22.0 Å². The smallest absolute Gasteiger partial charge is 0.341 e. The molecule has 212 valence electrons. The van der Waals surface area contributed by atoms with Gasteiger partial charge in [-0.15, -0.1) is 0 Å².